The molecule has 6 rings (SSSR count). The number of hydrogen-bond acceptors (Lipinski definition) is 5. The van der Waals surface area contributed by atoms with Gasteiger partial charge in [0.1, 0.15) is 11.2 Å². The van der Waals surface area contributed by atoms with Crippen molar-refractivity contribution in [3.05, 3.63) is 91.1 Å². The minimum atomic E-state index is -1.58. The van der Waals surface area contributed by atoms with Gasteiger partial charge in [0, 0.05) is 21.8 Å². The summed E-state index contributed by atoms with van der Waals surface area (Å²) in [6.07, 6.45) is 0. The number of carbonyl (C=O) groups excluding carboxylic acids is 1. The number of rotatable bonds is 1. The molecule has 0 fully saturated rings. The van der Waals surface area contributed by atoms with Crippen LogP contribution in [-0.2, 0) is 10.2 Å². The maximum atomic E-state index is 13.7. The van der Waals surface area contributed by atoms with Crippen LogP contribution >= 0.6 is 11.6 Å². The number of anilines is 3. The molecule has 5 N–H and O–H groups in total. The molecule has 10 heteroatoms. The Hall–Kier alpha value is -4.11. The summed E-state index contributed by atoms with van der Waals surface area (Å²) in [6, 6.07) is 14.4. The van der Waals surface area contributed by atoms with E-state index in [1.54, 1.807) is 18.2 Å². The summed E-state index contributed by atoms with van der Waals surface area (Å²) in [7, 11) is 0. The minimum Gasteiger partial charge on any atom is -0.324 e. The number of benzene rings is 2. The molecule has 0 bridgehead atoms. The van der Waals surface area contributed by atoms with Gasteiger partial charge in [0.05, 0.1) is 11.3 Å². The van der Waals surface area contributed by atoms with E-state index in [-0.39, 0.29) is 11.4 Å². The highest BCUT2D eigenvalue weighted by Gasteiger charge is 2.58. The lowest BCUT2D eigenvalue weighted by Crippen LogP contribution is -2.46. The summed E-state index contributed by atoms with van der Waals surface area (Å²) in [5, 5.41) is 13.6. The number of nitrogens with one attached hydrogen (secondary N) is 5. The second kappa shape index (κ2) is 5.96. The largest absolute Gasteiger partial charge is 0.327 e. The fourth-order valence-electron chi connectivity index (χ4n) is 4.56. The van der Waals surface area contributed by atoms with Crippen molar-refractivity contribution in [3.63, 3.8) is 0 Å². The lowest BCUT2D eigenvalue weighted by atomic mass is 9.68. The molecule has 1 amide bonds. The highest BCUT2D eigenvalue weighted by molar-refractivity contribution is 6.31. The third-order valence-electron chi connectivity index (χ3n) is 5.74. The summed E-state index contributed by atoms with van der Waals surface area (Å²) >= 11 is 6.30. The van der Waals surface area contributed by atoms with E-state index in [0.717, 1.165) is 5.56 Å². The van der Waals surface area contributed by atoms with E-state index in [1.807, 2.05) is 30.3 Å². The average molecular weight is 433 g/mol. The summed E-state index contributed by atoms with van der Waals surface area (Å²) in [5.41, 5.74) is -0.0274. The van der Waals surface area contributed by atoms with Crippen molar-refractivity contribution < 1.29 is 4.79 Å². The lowest BCUT2D eigenvalue weighted by Gasteiger charge is -2.33. The minimum absolute atomic E-state index is 0.0664. The first-order valence-electron chi connectivity index (χ1n) is 9.40. The topological polar surface area (TPSA) is 136 Å². The molecular weight excluding hydrogens is 420 g/mol. The van der Waals surface area contributed by atoms with E-state index < -0.39 is 22.6 Å². The molecule has 2 aromatic carbocycles. The van der Waals surface area contributed by atoms with E-state index in [9.17, 15) is 14.4 Å². The molecule has 0 saturated carbocycles. The molecule has 0 radical (unpaired) electrons. The van der Waals surface area contributed by atoms with Gasteiger partial charge in [0.2, 0.25) is 5.91 Å². The van der Waals surface area contributed by atoms with Crippen LogP contribution in [-0.4, -0.2) is 26.1 Å². The van der Waals surface area contributed by atoms with Crippen LogP contribution < -0.4 is 21.9 Å². The quantitative estimate of drug-likeness (QED) is 0.315. The zero-order valence-corrected chi connectivity index (χ0v) is 16.4. The first-order valence-corrected chi connectivity index (χ1v) is 9.78. The van der Waals surface area contributed by atoms with Crippen LogP contribution in [0.25, 0.3) is 11.3 Å². The highest BCUT2D eigenvalue weighted by atomic mass is 35.5. The van der Waals surface area contributed by atoms with Crippen molar-refractivity contribution in [1.82, 2.24) is 20.2 Å². The number of hydrogen-bond donors (Lipinski definition) is 5. The molecule has 31 heavy (non-hydrogen) atoms. The standard InChI is InChI=1S/C21H13ClN6O3/c22-10-6-7-12-11(8-10)21(19(30)23-12)13-15(9-4-2-1-3-5-9)27-28-17(13)24-16-14(21)18(29)26-20(31)25-16/h1-8H,(H,23,30)(H4,24,25,26,27,28,29,31). The molecule has 152 valence electrons. The first kappa shape index (κ1) is 17.7. The summed E-state index contributed by atoms with van der Waals surface area (Å²) < 4.78 is 0. The van der Waals surface area contributed by atoms with Gasteiger partial charge < -0.3 is 10.6 Å². The Morgan fingerprint density at radius 2 is 1.71 bits per heavy atom. The van der Waals surface area contributed by atoms with Crippen LogP contribution in [0.15, 0.2) is 58.1 Å². The molecule has 1 atom stereocenters. The summed E-state index contributed by atoms with van der Waals surface area (Å²) in [4.78, 5) is 43.6. The van der Waals surface area contributed by atoms with Crippen LogP contribution in [0, 0.1) is 0 Å². The maximum Gasteiger partial charge on any atom is 0.327 e. The second-order valence-electron chi connectivity index (χ2n) is 7.37. The van der Waals surface area contributed by atoms with Crippen molar-refractivity contribution in [1.29, 1.82) is 0 Å². The zero-order valence-electron chi connectivity index (χ0n) is 15.7. The normalized spacial score (nSPS) is 18.2. The number of aromatic nitrogens is 4. The molecule has 2 aliphatic rings. The van der Waals surface area contributed by atoms with Gasteiger partial charge in [0.15, 0.2) is 5.82 Å². The Labute approximate surface area is 178 Å². The maximum absolute atomic E-state index is 13.7. The summed E-state index contributed by atoms with van der Waals surface area (Å²) in [5.74, 6) is -0.00388. The molecule has 0 saturated heterocycles. The Morgan fingerprint density at radius 3 is 2.52 bits per heavy atom. The highest BCUT2D eigenvalue weighted by Crippen LogP contribution is 2.55. The molecule has 1 spiro atoms. The van der Waals surface area contributed by atoms with Gasteiger partial charge in [0.25, 0.3) is 5.56 Å². The van der Waals surface area contributed by atoms with Crippen LogP contribution in [0.4, 0.5) is 17.3 Å². The van der Waals surface area contributed by atoms with Gasteiger partial charge in [-0.1, -0.05) is 41.9 Å². The molecule has 0 aliphatic carbocycles. The SMILES string of the molecule is O=C1Nc2ccc(Cl)cc2C12c1c(n[nH]c1-c1ccccc1)Nc1[nH]c(=O)[nH]c(=O)c12. The van der Waals surface area contributed by atoms with Crippen molar-refractivity contribution in [2.75, 3.05) is 10.6 Å². The monoisotopic (exact) mass is 432 g/mol. The van der Waals surface area contributed by atoms with E-state index in [0.29, 0.717) is 33.3 Å². The number of aromatic amines is 3. The van der Waals surface area contributed by atoms with Gasteiger partial charge >= 0.3 is 5.69 Å². The van der Waals surface area contributed by atoms with E-state index >= 15 is 0 Å². The molecular formula is C21H13ClN6O3. The van der Waals surface area contributed by atoms with Crippen LogP contribution in [0.3, 0.4) is 0 Å². The van der Waals surface area contributed by atoms with Crippen molar-refractivity contribution in [3.8, 4) is 11.3 Å². The number of amides is 1. The predicted molar refractivity (Wildman–Crippen MR) is 115 cm³/mol. The van der Waals surface area contributed by atoms with Crippen molar-refractivity contribution in [2.45, 2.75) is 5.41 Å². The van der Waals surface area contributed by atoms with E-state index in [1.165, 1.54) is 0 Å². The van der Waals surface area contributed by atoms with E-state index in [2.05, 4.69) is 30.8 Å². The first-order chi connectivity index (χ1) is 15.0. The molecule has 1 unspecified atom stereocenters. The molecule has 2 aliphatic heterocycles. The zero-order chi connectivity index (χ0) is 21.3. The molecule has 2 aromatic heterocycles. The van der Waals surface area contributed by atoms with Gasteiger partial charge in [-0.2, -0.15) is 5.10 Å². The molecule has 4 aromatic rings. The fourth-order valence-corrected chi connectivity index (χ4v) is 4.74. The van der Waals surface area contributed by atoms with Crippen molar-refractivity contribution >= 4 is 34.8 Å². The van der Waals surface area contributed by atoms with Gasteiger partial charge in [-0.25, -0.2) is 4.79 Å². The van der Waals surface area contributed by atoms with Crippen molar-refractivity contribution in [2.24, 2.45) is 0 Å². The molecule has 4 heterocycles. The Bertz CT molecular complexity index is 1520. The predicted octanol–water partition coefficient (Wildman–Crippen LogP) is 2.45. The lowest BCUT2D eigenvalue weighted by molar-refractivity contribution is -0.118. The van der Waals surface area contributed by atoms with Crippen LogP contribution in [0.5, 0.6) is 0 Å². The summed E-state index contributed by atoms with van der Waals surface area (Å²) in [6.45, 7) is 0. The average Bonchev–Trinajstić information content (AvgIpc) is 3.28. The number of H-pyrrole nitrogens is 3. The van der Waals surface area contributed by atoms with Gasteiger partial charge in [-0.3, -0.25) is 24.7 Å². The third kappa shape index (κ3) is 2.20. The van der Waals surface area contributed by atoms with Crippen LogP contribution in [0.2, 0.25) is 5.02 Å². The third-order valence-corrected chi connectivity index (χ3v) is 5.97. The van der Waals surface area contributed by atoms with E-state index in [4.69, 9.17) is 11.6 Å². The van der Waals surface area contributed by atoms with Gasteiger partial charge in [-0.15, -0.1) is 0 Å². The second-order valence-corrected chi connectivity index (χ2v) is 7.80. The number of nitrogens with zero attached hydrogens (tertiary/aromatic N) is 1. The smallest absolute Gasteiger partial charge is 0.324 e. The van der Waals surface area contributed by atoms with Gasteiger partial charge in [-0.05, 0) is 23.8 Å². The fraction of sp³-hybridized carbons (Fsp3) is 0.0476. The Kier molecular flexibility index (Phi) is 3.41. The Morgan fingerprint density at radius 1 is 0.903 bits per heavy atom. The van der Waals surface area contributed by atoms with Crippen LogP contribution in [0.1, 0.15) is 16.7 Å². The Balaban J connectivity index is 1.81. The number of carbonyl (C=O) groups is 1. The number of fused-ring (bicyclic) bond motifs is 6. The number of halogens is 1. The molecule has 9 nitrogen and oxygen atoms in total.